The smallest absolute Gasteiger partial charge is 0.227 e. The van der Waals surface area contributed by atoms with Gasteiger partial charge >= 0.3 is 0 Å². The number of rotatable bonds is 3. The molecule has 8 nitrogen and oxygen atoms in total. The first-order valence-corrected chi connectivity index (χ1v) is 7.40. The molecular formula is C15H15N7O. The first-order valence-electron chi connectivity index (χ1n) is 7.40. The highest BCUT2D eigenvalue weighted by Crippen LogP contribution is 2.13. The van der Waals surface area contributed by atoms with Crippen molar-refractivity contribution in [2.24, 2.45) is 0 Å². The summed E-state index contributed by atoms with van der Waals surface area (Å²) in [5.41, 5.74) is 1.84. The van der Waals surface area contributed by atoms with Crippen LogP contribution >= 0.6 is 0 Å². The van der Waals surface area contributed by atoms with Crippen LogP contribution in [0, 0.1) is 0 Å². The maximum atomic E-state index is 12.5. The molecule has 0 saturated heterocycles. The molecule has 0 radical (unpaired) electrons. The van der Waals surface area contributed by atoms with E-state index in [1.165, 1.54) is 6.33 Å². The number of carbonyl (C=O) groups excluding carboxylic acids is 1. The molecule has 0 fully saturated rings. The number of nitrogens with zero attached hydrogens (tertiary/aromatic N) is 7. The summed E-state index contributed by atoms with van der Waals surface area (Å²) in [5.74, 6) is 1.06. The largest absolute Gasteiger partial charge is 0.333 e. The Hall–Kier alpha value is -3.03. The normalized spacial score (nSPS) is 13.8. The van der Waals surface area contributed by atoms with Gasteiger partial charge < -0.3 is 9.47 Å². The summed E-state index contributed by atoms with van der Waals surface area (Å²) in [6, 6.07) is 7.67. The molecule has 0 atom stereocenters. The van der Waals surface area contributed by atoms with E-state index in [1.54, 1.807) is 10.9 Å². The van der Waals surface area contributed by atoms with E-state index in [4.69, 9.17) is 0 Å². The van der Waals surface area contributed by atoms with Crippen LogP contribution < -0.4 is 0 Å². The van der Waals surface area contributed by atoms with E-state index in [2.05, 4.69) is 25.1 Å². The van der Waals surface area contributed by atoms with Crippen LogP contribution in [0.5, 0.6) is 0 Å². The van der Waals surface area contributed by atoms with E-state index in [1.807, 2.05) is 35.4 Å². The Balaban J connectivity index is 1.43. The topological polar surface area (TPSA) is 81.7 Å². The van der Waals surface area contributed by atoms with Gasteiger partial charge in [0.25, 0.3) is 0 Å². The monoisotopic (exact) mass is 309 g/mol. The van der Waals surface area contributed by atoms with Crippen molar-refractivity contribution in [1.82, 2.24) is 34.7 Å². The van der Waals surface area contributed by atoms with E-state index in [0.29, 0.717) is 13.0 Å². The predicted molar refractivity (Wildman–Crippen MR) is 80.5 cm³/mol. The number of hydrogen-bond donors (Lipinski definition) is 0. The van der Waals surface area contributed by atoms with E-state index in [0.717, 1.165) is 30.2 Å². The van der Waals surface area contributed by atoms with Crippen LogP contribution in [0.25, 0.3) is 5.69 Å². The molecule has 4 rings (SSSR count). The average molecular weight is 309 g/mol. The number of aromatic nitrogens is 6. The Morgan fingerprint density at radius 2 is 2.04 bits per heavy atom. The van der Waals surface area contributed by atoms with Gasteiger partial charge in [0.05, 0.1) is 18.7 Å². The van der Waals surface area contributed by atoms with Crippen molar-refractivity contribution in [2.45, 2.75) is 19.5 Å². The number of hydrogen-bond acceptors (Lipinski definition) is 5. The highest BCUT2D eigenvalue weighted by Gasteiger charge is 2.21. The fourth-order valence-corrected chi connectivity index (χ4v) is 2.72. The zero-order valence-electron chi connectivity index (χ0n) is 12.4. The summed E-state index contributed by atoms with van der Waals surface area (Å²) in [7, 11) is 0. The van der Waals surface area contributed by atoms with Crippen molar-refractivity contribution in [1.29, 1.82) is 0 Å². The molecular weight excluding hydrogens is 294 g/mol. The molecule has 1 aromatic carbocycles. The summed E-state index contributed by atoms with van der Waals surface area (Å²) < 4.78 is 3.67. The highest BCUT2D eigenvalue weighted by molar-refractivity contribution is 5.78. The molecule has 1 aliphatic heterocycles. The summed E-state index contributed by atoms with van der Waals surface area (Å²) in [6.07, 6.45) is 5.66. The fraction of sp³-hybridized carbons (Fsp3) is 0.267. The molecule has 0 N–H and O–H groups in total. The first-order chi connectivity index (χ1) is 11.3. The number of fused-ring (bicyclic) bond motifs is 1. The van der Waals surface area contributed by atoms with Crippen LogP contribution in [-0.4, -0.2) is 47.1 Å². The molecule has 0 aliphatic carbocycles. The lowest BCUT2D eigenvalue weighted by atomic mass is 10.1. The summed E-state index contributed by atoms with van der Waals surface area (Å²) in [4.78, 5) is 18.6. The minimum Gasteiger partial charge on any atom is -0.333 e. The lowest BCUT2D eigenvalue weighted by Gasteiger charge is -2.27. The number of amides is 1. The summed E-state index contributed by atoms with van der Waals surface area (Å²) >= 11 is 0. The summed E-state index contributed by atoms with van der Waals surface area (Å²) in [6.45, 7) is 2.11. The Morgan fingerprint density at radius 3 is 2.83 bits per heavy atom. The SMILES string of the molecule is O=C(Cc1ccc(-n2cnnn2)cc1)N1CCn2ccnc2C1. The number of imidazole rings is 1. The van der Waals surface area contributed by atoms with Crippen LogP contribution in [0.3, 0.4) is 0 Å². The van der Waals surface area contributed by atoms with Gasteiger partial charge in [0.15, 0.2) is 0 Å². The quantitative estimate of drug-likeness (QED) is 0.701. The van der Waals surface area contributed by atoms with Gasteiger partial charge in [-0.25, -0.2) is 9.67 Å². The van der Waals surface area contributed by atoms with Crippen LogP contribution in [0.4, 0.5) is 0 Å². The Labute approximate surface area is 132 Å². The highest BCUT2D eigenvalue weighted by atomic mass is 16.2. The van der Waals surface area contributed by atoms with Crippen molar-refractivity contribution in [2.75, 3.05) is 6.54 Å². The molecule has 1 aliphatic rings. The van der Waals surface area contributed by atoms with E-state index >= 15 is 0 Å². The summed E-state index contributed by atoms with van der Waals surface area (Å²) in [5, 5.41) is 11.1. The lowest BCUT2D eigenvalue weighted by molar-refractivity contribution is -0.132. The van der Waals surface area contributed by atoms with Gasteiger partial charge in [-0.2, -0.15) is 0 Å². The minimum absolute atomic E-state index is 0.120. The van der Waals surface area contributed by atoms with Gasteiger partial charge in [-0.1, -0.05) is 12.1 Å². The second-order valence-corrected chi connectivity index (χ2v) is 5.45. The molecule has 0 spiro atoms. The lowest BCUT2D eigenvalue weighted by Crippen LogP contribution is -2.39. The van der Waals surface area contributed by atoms with Crippen LogP contribution in [0.15, 0.2) is 43.0 Å². The molecule has 2 aromatic heterocycles. The number of carbonyl (C=O) groups is 1. The van der Waals surface area contributed by atoms with Gasteiger partial charge in [0.1, 0.15) is 12.2 Å². The second-order valence-electron chi connectivity index (χ2n) is 5.45. The molecule has 8 heteroatoms. The Kier molecular flexibility index (Phi) is 3.34. The maximum absolute atomic E-state index is 12.5. The molecule has 0 unspecified atom stereocenters. The third kappa shape index (κ3) is 2.70. The van der Waals surface area contributed by atoms with E-state index in [-0.39, 0.29) is 5.91 Å². The standard InChI is InChI=1S/C15H15N7O/c23-15(21-8-7-20-6-5-16-14(20)10-21)9-12-1-3-13(4-2-12)22-11-17-18-19-22/h1-6,11H,7-10H2. The van der Waals surface area contributed by atoms with Gasteiger partial charge in [-0.3, -0.25) is 4.79 Å². The fourth-order valence-electron chi connectivity index (χ4n) is 2.72. The first kappa shape index (κ1) is 13.6. The molecule has 0 bridgehead atoms. The second kappa shape index (κ2) is 5.64. The number of tetrazole rings is 1. The van der Waals surface area contributed by atoms with Gasteiger partial charge in [-0.05, 0) is 28.1 Å². The Morgan fingerprint density at radius 1 is 1.17 bits per heavy atom. The van der Waals surface area contributed by atoms with Crippen molar-refractivity contribution >= 4 is 5.91 Å². The zero-order chi connectivity index (χ0) is 15.6. The van der Waals surface area contributed by atoms with Crippen molar-refractivity contribution in [3.63, 3.8) is 0 Å². The molecule has 23 heavy (non-hydrogen) atoms. The van der Waals surface area contributed by atoms with Gasteiger partial charge in [0, 0.05) is 25.5 Å². The third-order valence-corrected chi connectivity index (χ3v) is 4.00. The van der Waals surface area contributed by atoms with Crippen LogP contribution in [0.1, 0.15) is 11.4 Å². The molecule has 116 valence electrons. The van der Waals surface area contributed by atoms with Gasteiger partial charge in [0.2, 0.25) is 5.91 Å². The third-order valence-electron chi connectivity index (χ3n) is 4.00. The average Bonchev–Trinajstić information content (AvgIpc) is 3.26. The molecule has 0 saturated carbocycles. The van der Waals surface area contributed by atoms with Crippen LogP contribution in [-0.2, 0) is 24.3 Å². The predicted octanol–water partition coefficient (Wildman–Crippen LogP) is 0.444. The van der Waals surface area contributed by atoms with Crippen molar-refractivity contribution in [3.05, 3.63) is 54.4 Å². The van der Waals surface area contributed by atoms with E-state index < -0.39 is 0 Å². The van der Waals surface area contributed by atoms with Gasteiger partial charge in [-0.15, -0.1) is 5.10 Å². The Bertz CT molecular complexity index is 807. The maximum Gasteiger partial charge on any atom is 0.227 e. The van der Waals surface area contributed by atoms with Crippen LogP contribution in [0.2, 0.25) is 0 Å². The minimum atomic E-state index is 0.120. The van der Waals surface area contributed by atoms with E-state index in [9.17, 15) is 4.79 Å². The molecule has 1 amide bonds. The molecule has 3 aromatic rings. The van der Waals surface area contributed by atoms with Crippen molar-refractivity contribution < 1.29 is 4.79 Å². The van der Waals surface area contributed by atoms with Crippen molar-refractivity contribution in [3.8, 4) is 5.69 Å². The number of benzene rings is 1. The molecule has 3 heterocycles. The zero-order valence-corrected chi connectivity index (χ0v) is 12.4.